The van der Waals surface area contributed by atoms with Crippen LogP contribution in [0.2, 0.25) is 0 Å². The summed E-state index contributed by atoms with van der Waals surface area (Å²) < 4.78 is 23.4. The number of aryl methyl sites for hydroxylation is 1. The van der Waals surface area contributed by atoms with Gasteiger partial charge in [-0.2, -0.15) is 10.4 Å². The molecule has 0 radical (unpaired) electrons. The summed E-state index contributed by atoms with van der Waals surface area (Å²) in [5.74, 6) is -0.0819. The van der Waals surface area contributed by atoms with Crippen LogP contribution in [0.1, 0.15) is 24.0 Å². The highest BCUT2D eigenvalue weighted by atomic mass is 32.1. The van der Waals surface area contributed by atoms with Gasteiger partial charge in [-0.15, -0.1) is 12.6 Å². The minimum atomic E-state index is -0.469. The van der Waals surface area contributed by atoms with Crippen LogP contribution in [0.5, 0.6) is 5.75 Å². The van der Waals surface area contributed by atoms with Crippen molar-refractivity contribution in [3.05, 3.63) is 29.2 Å². The molecule has 8 heteroatoms. The van der Waals surface area contributed by atoms with Gasteiger partial charge in [-0.3, -0.25) is 4.68 Å². The van der Waals surface area contributed by atoms with Crippen molar-refractivity contribution in [2.75, 3.05) is 11.4 Å². The van der Waals surface area contributed by atoms with Gasteiger partial charge in [0.25, 0.3) is 0 Å². The predicted molar refractivity (Wildman–Crippen MR) is 99.6 cm³/mol. The van der Waals surface area contributed by atoms with Crippen LogP contribution in [-0.4, -0.2) is 26.2 Å². The fraction of sp³-hybridized carbons (Fsp3) is 0.353. The van der Waals surface area contributed by atoms with Gasteiger partial charge in [-0.25, -0.2) is 4.39 Å². The molecular weight excluding hydrogens is 359 g/mol. The molecule has 1 aliphatic carbocycles. The topological polar surface area (TPSA) is 54.1 Å². The quantitative estimate of drug-likeness (QED) is 0.613. The first-order chi connectivity index (χ1) is 11.9. The lowest BCUT2D eigenvalue weighted by Gasteiger charge is -2.37. The van der Waals surface area contributed by atoms with E-state index < -0.39 is 5.82 Å². The molecule has 2 aliphatic rings. The number of rotatable bonds is 1. The van der Waals surface area contributed by atoms with Crippen molar-refractivity contribution in [1.82, 2.24) is 9.78 Å². The Balaban J connectivity index is 2.06. The number of aromatic nitrogens is 2. The maximum atomic E-state index is 15.3. The second-order valence-electron chi connectivity index (χ2n) is 6.47. The lowest BCUT2D eigenvalue weighted by Crippen LogP contribution is -2.44. The van der Waals surface area contributed by atoms with Crippen molar-refractivity contribution in [3.63, 3.8) is 0 Å². The first-order valence-corrected chi connectivity index (χ1v) is 8.68. The minimum absolute atomic E-state index is 0.169. The number of thiocarbonyl (C=S) groups is 1. The molecule has 25 heavy (non-hydrogen) atoms. The van der Waals surface area contributed by atoms with Crippen LogP contribution < -0.4 is 9.64 Å². The lowest BCUT2D eigenvalue weighted by atomic mass is 9.96. The molecule has 1 aliphatic heterocycles. The molecule has 0 amide bonds. The van der Waals surface area contributed by atoms with Gasteiger partial charge in [0.15, 0.2) is 5.75 Å². The Hall–Kier alpha value is -2.11. The largest absolute Gasteiger partial charge is 0.482 e. The maximum Gasteiger partial charge on any atom is 0.162 e. The lowest BCUT2D eigenvalue weighted by molar-refractivity contribution is 0.176. The van der Waals surface area contributed by atoms with E-state index in [1.54, 1.807) is 35.8 Å². The molecule has 0 N–H and O–H groups in total. The number of fused-ring (bicyclic) bond motifs is 1. The van der Waals surface area contributed by atoms with E-state index in [2.05, 4.69) is 23.8 Å². The van der Waals surface area contributed by atoms with Gasteiger partial charge in [0.1, 0.15) is 27.4 Å². The molecule has 2 heterocycles. The molecular formula is C17H15FN4OS2. The number of nitriles is 1. The highest BCUT2D eigenvalue weighted by molar-refractivity contribution is 8.11. The fourth-order valence-corrected chi connectivity index (χ4v) is 3.70. The summed E-state index contributed by atoms with van der Waals surface area (Å²) in [6, 6.07) is 3.81. The Morgan fingerprint density at radius 2 is 2.24 bits per heavy atom. The molecule has 2 aromatic rings. The van der Waals surface area contributed by atoms with E-state index in [1.165, 1.54) is 0 Å². The third-order valence-electron chi connectivity index (χ3n) is 4.86. The van der Waals surface area contributed by atoms with Crippen molar-refractivity contribution >= 4 is 34.9 Å². The van der Waals surface area contributed by atoms with Crippen molar-refractivity contribution < 1.29 is 9.13 Å². The third-order valence-corrected chi connectivity index (χ3v) is 5.32. The number of thiol groups is 1. The molecule has 128 valence electrons. The van der Waals surface area contributed by atoms with Crippen molar-refractivity contribution in [2.24, 2.45) is 7.05 Å². The molecule has 1 fully saturated rings. The molecule has 1 aromatic heterocycles. The van der Waals surface area contributed by atoms with Crippen molar-refractivity contribution in [2.45, 2.75) is 25.4 Å². The van der Waals surface area contributed by atoms with Gasteiger partial charge in [-0.05, 0) is 25.8 Å². The summed E-state index contributed by atoms with van der Waals surface area (Å²) in [6.45, 7) is 2.20. The van der Waals surface area contributed by atoms with Crippen molar-refractivity contribution in [3.8, 4) is 23.1 Å². The summed E-state index contributed by atoms with van der Waals surface area (Å²) >= 11 is 9.55. The smallest absolute Gasteiger partial charge is 0.162 e. The van der Waals surface area contributed by atoms with Crippen LogP contribution in [-0.2, 0) is 7.05 Å². The van der Waals surface area contributed by atoms with Crippen LogP contribution in [0.3, 0.4) is 0 Å². The summed E-state index contributed by atoms with van der Waals surface area (Å²) in [6.07, 6.45) is 3.33. The van der Waals surface area contributed by atoms with Gasteiger partial charge in [0, 0.05) is 18.8 Å². The van der Waals surface area contributed by atoms with Crippen molar-refractivity contribution in [1.29, 1.82) is 5.26 Å². The van der Waals surface area contributed by atoms with Gasteiger partial charge < -0.3 is 9.64 Å². The van der Waals surface area contributed by atoms with E-state index in [-0.39, 0.29) is 16.7 Å². The zero-order chi connectivity index (χ0) is 17.9. The average molecular weight is 374 g/mol. The Morgan fingerprint density at radius 1 is 1.52 bits per heavy atom. The first-order valence-electron chi connectivity index (χ1n) is 7.82. The zero-order valence-electron chi connectivity index (χ0n) is 13.7. The number of ether oxygens (including phenoxy) is 1. The molecule has 1 aromatic carbocycles. The van der Waals surface area contributed by atoms with E-state index in [0.717, 1.165) is 12.8 Å². The summed E-state index contributed by atoms with van der Waals surface area (Å²) in [5, 5.41) is 13.9. The standard InChI is InChI=1S/C17H15FN4OS2/c1-9-13(18)12(11-3-6-20-21(11)2)10(7-19)15-14(9)22(16(24)25)8-17(23-15)4-5-17/h3,6H,4-5,8H2,1-2H3,(H,24,25). The maximum absolute atomic E-state index is 15.3. The van der Waals surface area contributed by atoms with Crippen LogP contribution in [0.25, 0.3) is 11.3 Å². The molecule has 1 saturated carbocycles. The SMILES string of the molecule is Cc1c(F)c(-c2ccnn2C)c(C#N)c2c1N(C(=S)S)CC1(CC1)O2. The highest BCUT2D eigenvalue weighted by Crippen LogP contribution is 2.53. The van der Waals surface area contributed by atoms with E-state index in [0.29, 0.717) is 33.6 Å². The Kier molecular flexibility index (Phi) is 3.56. The third kappa shape index (κ3) is 2.34. The first kappa shape index (κ1) is 16.4. The van der Waals surface area contributed by atoms with Crippen LogP contribution in [0, 0.1) is 24.1 Å². The number of nitrogens with zero attached hydrogens (tertiary/aromatic N) is 4. The monoisotopic (exact) mass is 374 g/mol. The molecule has 5 nitrogen and oxygen atoms in total. The number of hydrogen-bond acceptors (Lipinski definition) is 4. The molecule has 0 atom stereocenters. The number of halogens is 1. The molecule has 4 rings (SSSR count). The Labute approximate surface area is 155 Å². The van der Waals surface area contributed by atoms with E-state index in [9.17, 15) is 5.26 Å². The van der Waals surface area contributed by atoms with Gasteiger partial charge >= 0.3 is 0 Å². The normalized spacial score (nSPS) is 17.0. The van der Waals surface area contributed by atoms with E-state index >= 15 is 4.39 Å². The number of hydrogen-bond donors (Lipinski definition) is 1. The second-order valence-corrected chi connectivity index (χ2v) is 7.59. The Morgan fingerprint density at radius 3 is 2.76 bits per heavy atom. The molecule has 1 spiro atoms. The molecule has 0 unspecified atom stereocenters. The Bertz CT molecular complexity index is 959. The van der Waals surface area contributed by atoms with E-state index in [1.807, 2.05) is 0 Å². The number of benzene rings is 1. The average Bonchev–Trinajstić information content (AvgIpc) is 3.18. The summed E-state index contributed by atoms with van der Waals surface area (Å²) in [4.78, 5) is 1.77. The zero-order valence-corrected chi connectivity index (χ0v) is 15.4. The van der Waals surface area contributed by atoms with Crippen LogP contribution in [0.15, 0.2) is 12.3 Å². The van der Waals surface area contributed by atoms with Gasteiger partial charge in [0.2, 0.25) is 0 Å². The summed E-state index contributed by atoms with van der Waals surface area (Å²) in [7, 11) is 1.71. The molecule has 0 bridgehead atoms. The van der Waals surface area contributed by atoms with Crippen LogP contribution >= 0.6 is 24.8 Å². The summed E-state index contributed by atoms with van der Waals surface area (Å²) in [5.41, 5.74) is 1.43. The van der Waals surface area contributed by atoms with E-state index in [4.69, 9.17) is 17.0 Å². The second kappa shape index (κ2) is 5.44. The highest BCUT2D eigenvalue weighted by Gasteiger charge is 2.52. The fourth-order valence-electron chi connectivity index (χ4n) is 3.37. The molecule has 0 saturated heterocycles. The van der Waals surface area contributed by atoms with Gasteiger partial charge in [-0.1, -0.05) is 12.2 Å². The van der Waals surface area contributed by atoms with Crippen LogP contribution in [0.4, 0.5) is 10.1 Å². The number of anilines is 1. The minimum Gasteiger partial charge on any atom is -0.482 e. The predicted octanol–water partition coefficient (Wildman–Crippen LogP) is 3.35. The van der Waals surface area contributed by atoms with Gasteiger partial charge in [0.05, 0.1) is 23.5 Å².